The first-order valence-electron chi connectivity index (χ1n) is 8.99. The molecule has 0 fully saturated rings. The van der Waals surface area contributed by atoms with Gasteiger partial charge < -0.3 is 9.13 Å². The van der Waals surface area contributed by atoms with Crippen molar-refractivity contribution in [1.82, 2.24) is 19.1 Å². The monoisotopic (exact) mass is 382 g/mol. The Morgan fingerprint density at radius 1 is 1.11 bits per heavy atom. The third-order valence-corrected chi connectivity index (χ3v) is 4.76. The molecule has 0 atom stereocenters. The summed E-state index contributed by atoms with van der Waals surface area (Å²) in [6.45, 7) is 5.49. The number of rotatable bonds is 5. The van der Waals surface area contributed by atoms with E-state index in [0.717, 1.165) is 46.9 Å². The molecule has 0 aliphatic carbocycles. The smallest absolute Gasteiger partial charge is 0.140 e. The van der Waals surface area contributed by atoms with Crippen LogP contribution in [0.4, 0.5) is 4.39 Å². The Balaban J connectivity index is 1.80. The van der Waals surface area contributed by atoms with Gasteiger partial charge in [0.1, 0.15) is 17.5 Å². The summed E-state index contributed by atoms with van der Waals surface area (Å²) in [6.07, 6.45) is 2.97. The van der Waals surface area contributed by atoms with E-state index in [1.54, 1.807) is 6.07 Å². The van der Waals surface area contributed by atoms with Gasteiger partial charge in [0.05, 0.1) is 23.3 Å². The highest BCUT2D eigenvalue weighted by Crippen LogP contribution is 2.24. The highest BCUT2D eigenvalue weighted by Gasteiger charge is 2.15. The Bertz CT molecular complexity index is 1110. The van der Waals surface area contributed by atoms with Crippen molar-refractivity contribution in [2.75, 3.05) is 0 Å². The fourth-order valence-electron chi connectivity index (χ4n) is 3.42. The maximum Gasteiger partial charge on any atom is 0.140 e. The first-order chi connectivity index (χ1) is 13.0. The summed E-state index contributed by atoms with van der Waals surface area (Å²) in [5.41, 5.74) is 3.59. The van der Waals surface area contributed by atoms with Gasteiger partial charge in [0.25, 0.3) is 0 Å². The van der Waals surface area contributed by atoms with Gasteiger partial charge in [0.15, 0.2) is 0 Å². The Labute approximate surface area is 162 Å². The van der Waals surface area contributed by atoms with Crippen LogP contribution in [0.25, 0.3) is 22.4 Å². The number of benzene rings is 2. The van der Waals surface area contributed by atoms with Crippen molar-refractivity contribution in [3.8, 4) is 11.4 Å². The highest BCUT2D eigenvalue weighted by atomic mass is 35.5. The molecule has 0 saturated carbocycles. The molecule has 0 amide bonds. The Morgan fingerprint density at radius 3 is 2.74 bits per heavy atom. The fraction of sp³-hybridized carbons (Fsp3) is 0.238. The lowest BCUT2D eigenvalue weighted by Gasteiger charge is -2.11. The molecule has 2 heterocycles. The summed E-state index contributed by atoms with van der Waals surface area (Å²) in [5.74, 6) is 1.40. The van der Waals surface area contributed by atoms with E-state index in [1.165, 1.54) is 12.1 Å². The Kier molecular flexibility index (Phi) is 4.70. The lowest BCUT2D eigenvalue weighted by molar-refractivity contribution is 0.623. The number of fused-ring (bicyclic) bond motifs is 1. The zero-order valence-electron chi connectivity index (χ0n) is 15.3. The van der Waals surface area contributed by atoms with Crippen molar-refractivity contribution < 1.29 is 4.39 Å². The molecule has 0 aliphatic heterocycles. The van der Waals surface area contributed by atoms with Gasteiger partial charge in [-0.3, -0.25) is 0 Å². The van der Waals surface area contributed by atoms with Gasteiger partial charge >= 0.3 is 0 Å². The number of hydrogen-bond acceptors (Lipinski definition) is 2. The van der Waals surface area contributed by atoms with E-state index >= 15 is 0 Å². The Hall–Kier alpha value is -2.66. The van der Waals surface area contributed by atoms with Crippen molar-refractivity contribution in [2.45, 2.75) is 33.4 Å². The van der Waals surface area contributed by atoms with Gasteiger partial charge in [-0.2, -0.15) is 0 Å². The van der Waals surface area contributed by atoms with E-state index in [9.17, 15) is 4.39 Å². The molecule has 4 nitrogen and oxygen atoms in total. The minimum Gasteiger partial charge on any atom is -0.326 e. The minimum absolute atomic E-state index is 0.271. The maximum atomic E-state index is 13.7. The quantitative estimate of drug-likeness (QED) is 0.459. The summed E-state index contributed by atoms with van der Waals surface area (Å²) in [5, 5.41) is 0.699. The second-order valence-corrected chi connectivity index (χ2v) is 7.09. The number of hydrogen-bond donors (Lipinski definition) is 0. The van der Waals surface area contributed by atoms with E-state index in [-0.39, 0.29) is 5.82 Å². The predicted molar refractivity (Wildman–Crippen MR) is 106 cm³/mol. The SMILES string of the molecule is CCCn1c(Cn2cc(C)nc2-c2cccc(F)c2)nc2ccc(Cl)cc21. The van der Waals surface area contributed by atoms with E-state index in [1.807, 2.05) is 42.0 Å². The summed E-state index contributed by atoms with van der Waals surface area (Å²) in [4.78, 5) is 9.41. The van der Waals surface area contributed by atoms with Crippen LogP contribution >= 0.6 is 11.6 Å². The van der Waals surface area contributed by atoms with E-state index < -0.39 is 0 Å². The summed E-state index contributed by atoms with van der Waals surface area (Å²) in [7, 11) is 0. The molecular weight excluding hydrogens is 363 g/mol. The molecule has 0 spiro atoms. The van der Waals surface area contributed by atoms with Gasteiger partial charge in [-0.1, -0.05) is 30.7 Å². The van der Waals surface area contributed by atoms with Crippen LogP contribution in [0.2, 0.25) is 5.02 Å². The van der Waals surface area contributed by atoms with Crippen LogP contribution in [0.15, 0.2) is 48.7 Å². The summed E-state index contributed by atoms with van der Waals surface area (Å²) < 4.78 is 17.9. The molecule has 0 bridgehead atoms. The van der Waals surface area contributed by atoms with Crippen molar-refractivity contribution in [2.24, 2.45) is 0 Å². The Morgan fingerprint density at radius 2 is 1.96 bits per heavy atom. The van der Waals surface area contributed by atoms with Crippen LogP contribution in [0.5, 0.6) is 0 Å². The van der Waals surface area contributed by atoms with Gasteiger partial charge in [0, 0.05) is 23.3 Å². The standard InChI is InChI=1S/C21H20ClFN4/c1-3-9-27-19-11-16(22)7-8-18(19)25-20(27)13-26-12-14(2)24-21(26)15-5-4-6-17(23)10-15/h4-8,10-12H,3,9,13H2,1-2H3. The van der Waals surface area contributed by atoms with Crippen LogP contribution in [0.3, 0.4) is 0 Å². The van der Waals surface area contributed by atoms with Crippen molar-refractivity contribution in [3.05, 3.63) is 71.0 Å². The highest BCUT2D eigenvalue weighted by molar-refractivity contribution is 6.31. The van der Waals surface area contributed by atoms with Gasteiger partial charge in [-0.25, -0.2) is 14.4 Å². The number of aryl methyl sites for hydroxylation is 2. The van der Waals surface area contributed by atoms with E-state index in [4.69, 9.17) is 16.6 Å². The van der Waals surface area contributed by atoms with Crippen LogP contribution in [-0.4, -0.2) is 19.1 Å². The van der Waals surface area contributed by atoms with E-state index in [2.05, 4.69) is 16.5 Å². The van der Waals surface area contributed by atoms with E-state index in [0.29, 0.717) is 11.6 Å². The molecule has 0 unspecified atom stereocenters. The molecular formula is C21H20ClFN4. The van der Waals surface area contributed by atoms with Crippen molar-refractivity contribution in [1.29, 1.82) is 0 Å². The molecule has 0 radical (unpaired) electrons. The molecule has 138 valence electrons. The first-order valence-corrected chi connectivity index (χ1v) is 9.37. The summed E-state index contributed by atoms with van der Waals surface area (Å²) >= 11 is 6.19. The maximum absolute atomic E-state index is 13.7. The molecule has 0 saturated heterocycles. The molecule has 0 N–H and O–H groups in total. The number of aromatic nitrogens is 4. The minimum atomic E-state index is -0.271. The molecule has 4 rings (SSSR count). The number of imidazole rings is 2. The molecule has 0 aliphatic rings. The second kappa shape index (κ2) is 7.16. The molecule has 6 heteroatoms. The van der Waals surface area contributed by atoms with Crippen LogP contribution in [0.1, 0.15) is 24.9 Å². The first kappa shape index (κ1) is 17.7. The number of nitrogens with zero attached hydrogens (tertiary/aromatic N) is 4. The zero-order chi connectivity index (χ0) is 19.0. The van der Waals surface area contributed by atoms with Gasteiger partial charge in [-0.05, 0) is 43.7 Å². The predicted octanol–water partition coefficient (Wildman–Crippen LogP) is 5.46. The van der Waals surface area contributed by atoms with Gasteiger partial charge in [0.2, 0.25) is 0 Å². The molecule has 4 aromatic rings. The van der Waals surface area contributed by atoms with Crippen molar-refractivity contribution in [3.63, 3.8) is 0 Å². The van der Waals surface area contributed by atoms with Crippen LogP contribution in [0, 0.1) is 12.7 Å². The van der Waals surface area contributed by atoms with Crippen molar-refractivity contribution >= 4 is 22.6 Å². The lowest BCUT2D eigenvalue weighted by atomic mass is 10.2. The molecule has 27 heavy (non-hydrogen) atoms. The van der Waals surface area contributed by atoms with Crippen LogP contribution in [-0.2, 0) is 13.1 Å². The number of halogens is 2. The fourth-order valence-corrected chi connectivity index (χ4v) is 3.58. The third kappa shape index (κ3) is 3.47. The van der Waals surface area contributed by atoms with Crippen LogP contribution < -0.4 is 0 Å². The average molecular weight is 383 g/mol. The van der Waals surface area contributed by atoms with Gasteiger partial charge in [-0.15, -0.1) is 0 Å². The summed E-state index contributed by atoms with van der Waals surface area (Å²) in [6, 6.07) is 12.3. The molecule has 2 aromatic carbocycles. The largest absolute Gasteiger partial charge is 0.326 e. The molecule has 2 aromatic heterocycles. The topological polar surface area (TPSA) is 35.6 Å². The zero-order valence-corrected chi connectivity index (χ0v) is 16.0. The third-order valence-electron chi connectivity index (χ3n) is 4.53. The lowest BCUT2D eigenvalue weighted by Crippen LogP contribution is -2.09. The average Bonchev–Trinajstić information content (AvgIpc) is 3.16. The second-order valence-electron chi connectivity index (χ2n) is 6.66. The normalized spacial score (nSPS) is 11.4.